The van der Waals surface area contributed by atoms with E-state index in [1.807, 2.05) is 24.3 Å². The van der Waals surface area contributed by atoms with Gasteiger partial charge in [0.1, 0.15) is 42.0 Å². The first-order valence-corrected chi connectivity index (χ1v) is 24.2. The maximum Gasteiger partial charge on any atom is 0.245 e. The first-order valence-electron chi connectivity index (χ1n) is 24.2. The predicted molar refractivity (Wildman–Crippen MR) is 265 cm³/mol. The Bertz CT molecular complexity index is 2500. The number of ketones is 1. The molecule has 4 heterocycles. The van der Waals surface area contributed by atoms with Gasteiger partial charge in [-0.1, -0.05) is 54.6 Å². The van der Waals surface area contributed by atoms with Crippen molar-refractivity contribution >= 4 is 70.2 Å². The van der Waals surface area contributed by atoms with Crippen molar-refractivity contribution in [3.63, 3.8) is 0 Å². The Morgan fingerprint density at radius 1 is 0.803 bits per heavy atom. The zero-order chi connectivity index (χ0) is 51.0. The van der Waals surface area contributed by atoms with Gasteiger partial charge in [-0.3, -0.25) is 48.3 Å². The Kier molecular flexibility index (Phi) is 19.0. The topological polar surface area (TPSA) is 325 Å². The van der Waals surface area contributed by atoms with Gasteiger partial charge in [-0.25, -0.2) is 0 Å². The molecule has 380 valence electrons. The summed E-state index contributed by atoms with van der Waals surface area (Å²) in [5.74, 6) is -5.27. The minimum atomic E-state index is -1.33. The number of nitrogens with zero attached hydrogens (tertiary/aromatic N) is 3. The number of nitrogens with two attached hydrogens (primary N) is 2. The molecule has 7 amide bonds. The fourth-order valence-electron chi connectivity index (χ4n) is 9.10. The van der Waals surface area contributed by atoms with Gasteiger partial charge in [0.15, 0.2) is 5.96 Å². The highest BCUT2D eigenvalue weighted by Gasteiger charge is 2.38. The van der Waals surface area contributed by atoms with Gasteiger partial charge in [-0.05, 0) is 62.6 Å². The summed E-state index contributed by atoms with van der Waals surface area (Å²) in [7, 11) is 0. The molecule has 12 N–H and O–H groups in total. The molecule has 3 aliphatic heterocycles. The summed E-state index contributed by atoms with van der Waals surface area (Å²) >= 11 is 0. The summed E-state index contributed by atoms with van der Waals surface area (Å²) in [4.78, 5) is 126. The summed E-state index contributed by atoms with van der Waals surface area (Å²) in [5, 5.41) is 27.9. The fourth-order valence-corrected chi connectivity index (χ4v) is 9.10. The molecule has 2 saturated heterocycles. The maximum atomic E-state index is 14.7. The van der Waals surface area contributed by atoms with Crippen molar-refractivity contribution in [1.82, 2.24) is 41.8 Å². The quantitative estimate of drug-likeness (QED) is 0.0664. The first-order chi connectivity index (χ1) is 34.0. The van der Waals surface area contributed by atoms with Crippen LogP contribution < -0.4 is 43.4 Å². The Balaban J connectivity index is 1.39. The number of β-amino-alcohol motifs (C(OH)–C–C–N with tert-alkyl or cyclic N) is 1. The zero-order valence-electron chi connectivity index (χ0n) is 40.2. The summed E-state index contributed by atoms with van der Waals surface area (Å²) in [6, 6.07) is 8.17. The van der Waals surface area contributed by atoms with Gasteiger partial charge in [-0.2, -0.15) is 0 Å². The second-order valence-corrected chi connectivity index (χ2v) is 18.4. The van der Waals surface area contributed by atoms with E-state index in [0.29, 0.717) is 29.7 Å². The van der Waals surface area contributed by atoms with Crippen molar-refractivity contribution in [1.29, 1.82) is 0 Å². The molecule has 2 fully saturated rings. The number of aromatic amines is 1. The van der Waals surface area contributed by atoms with Crippen LogP contribution in [0, 0.1) is 0 Å². The standard InChI is InChI=1S/C50H66N12O9/c1-29-23-35(65)28-62(29)49(71)40-17-8-14-34(64)19-20-39(56-30(2)63)45(67)61-43(26-33-13-9-21-53-33)48(70)59-41(24-31-11-4-3-5-12-31)46(68)57-38(18-10-22-54-50(51)52)44(66)60-42(47(69)58-40)25-32-27-55-37-16-7-6-15-36(32)37/h3-7,11-13,15-16,21,27,29,35,38-43,55,65H,8-10,14,17-20,22-26,28H2,1-2H3,(H,56,63)(H,57,68)(H,58,69)(H,59,70)(H,60,66)(H,61,67)(H4,51,52,54)/t29-,35-,38+,39+,40+,41-,42+,43+/m1/s1. The number of aliphatic hydroxyl groups excluding tert-OH is 1. The Morgan fingerprint density at radius 2 is 1.45 bits per heavy atom. The molecule has 0 spiro atoms. The molecule has 3 aliphatic rings. The number of Topliss-reactive ketones (excluding diaryl/α,β-unsaturated/α-hetero) is 1. The lowest BCUT2D eigenvalue weighted by molar-refractivity contribution is -0.138. The number of likely N-dealkylation sites (tertiary alicyclic amines) is 1. The number of H-pyrrole nitrogens is 1. The molecular formula is C50H66N12O9. The van der Waals surface area contributed by atoms with Crippen LogP contribution in [0.25, 0.3) is 10.9 Å². The molecule has 2 aromatic carbocycles. The third kappa shape index (κ3) is 15.5. The number of rotatable bonds is 12. The van der Waals surface area contributed by atoms with Gasteiger partial charge in [0.05, 0.1) is 6.10 Å². The number of nitrogens with one attached hydrogen (secondary N) is 7. The fraction of sp³-hybridized carbons (Fsp3) is 0.480. The Labute approximate surface area is 411 Å². The van der Waals surface area contributed by atoms with Gasteiger partial charge < -0.3 is 58.4 Å². The SMILES string of the molecule is CC(=O)N[C@H]1CCC(=O)CCC[C@@H](C(=O)N2C[C@H](O)C[C@H]2C)NC(=O)[C@H](Cc2c[nH]c3ccccc23)NC(=O)[C@H](CCCN=C(N)N)NC(=O)[C@@H](Cc2ccccc2)NC(=O)[C@H](CC2=CCC=N2)NC1=O. The van der Waals surface area contributed by atoms with Crippen molar-refractivity contribution < 1.29 is 43.5 Å². The molecule has 1 aromatic heterocycles. The van der Waals surface area contributed by atoms with Crippen LogP contribution in [-0.2, 0) is 51.2 Å². The lowest BCUT2D eigenvalue weighted by atomic mass is 9.99. The number of benzene rings is 2. The number of guanidine groups is 1. The van der Waals surface area contributed by atoms with Crippen molar-refractivity contribution in [2.45, 2.75) is 139 Å². The molecule has 0 bridgehead atoms. The monoisotopic (exact) mass is 979 g/mol. The second-order valence-electron chi connectivity index (χ2n) is 18.4. The number of allylic oxidation sites excluding steroid dienone is 1. The molecule has 0 saturated carbocycles. The van der Waals surface area contributed by atoms with E-state index in [1.54, 1.807) is 55.7 Å². The molecule has 0 unspecified atom stereocenters. The van der Waals surface area contributed by atoms with Crippen LogP contribution in [0.4, 0.5) is 0 Å². The summed E-state index contributed by atoms with van der Waals surface area (Å²) < 4.78 is 0. The van der Waals surface area contributed by atoms with E-state index in [1.165, 1.54) is 11.8 Å². The Morgan fingerprint density at radius 3 is 2.13 bits per heavy atom. The number of hydrogen-bond donors (Lipinski definition) is 10. The summed E-state index contributed by atoms with van der Waals surface area (Å²) in [6.45, 7) is 3.13. The van der Waals surface area contributed by atoms with E-state index in [4.69, 9.17) is 11.5 Å². The molecule has 0 aliphatic carbocycles. The van der Waals surface area contributed by atoms with Crippen molar-refractivity contribution in [2.24, 2.45) is 21.5 Å². The van der Waals surface area contributed by atoms with Crippen LogP contribution in [0.3, 0.4) is 0 Å². The van der Waals surface area contributed by atoms with E-state index in [2.05, 4.69) is 46.9 Å². The molecular weight excluding hydrogens is 913 g/mol. The van der Waals surface area contributed by atoms with Gasteiger partial charge in [-0.15, -0.1) is 0 Å². The van der Waals surface area contributed by atoms with Crippen LogP contribution in [0.5, 0.6) is 0 Å². The van der Waals surface area contributed by atoms with Crippen LogP contribution in [0.1, 0.15) is 89.2 Å². The van der Waals surface area contributed by atoms with E-state index >= 15 is 0 Å². The Hall–Kier alpha value is -7.42. The minimum absolute atomic E-state index is 0.000389. The highest BCUT2D eigenvalue weighted by Crippen LogP contribution is 2.23. The molecule has 0 radical (unpaired) electrons. The van der Waals surface area contributed by atoms with Gasteiger partial charge >= 0.3 is 0 Å². The summed E-state index contributed by atoms with van der Waals surface area (Å²) in [6.07, 6.45) is 4.98. The number of hydrogen-bond acceptors (Lipinski definition) is 11. The largest absolute Gasteiger partial charge is 0.391 e. The number of aromatic nitrogens is 1. The predicted octanol–water partition coefficient (Wildman–Crippen LogP) is 0.199. The molecule has 71 heavy (non-hydrogen) atoms. The van der Waals surface area contributed by atoms with Gasteiger partial charge in [0.25, 0.3) is 0 Å². The number of para-hydroxylation sites is 1. The summed E-state index contributed by atoms with van der Waals surface area (Å²) in [5.41, 5.74) is 13.8. The average molecular weight is 979 g/mol. The van der Waals surface area contributed by atoms with Crippen LogP contribution in [-0.4, -0.2) is 136 Å². The first kappa shape index (κ1) is 52.9. The van der Waals surface area contributed by atoms with E-state index in [9.17, 15) is 43.5 Å². The minimum Gasteiger partial charge on any atom is -0.391 e. The second kappa shape index (κ2) is 25.4. The smallest absolute Gasteiger partial charge is 0.245 e. The highest BCUT2D eigenvalue weighted by atomic mass is 16.3. The number of aliphatic hydroxyl groups is 1. The number of carbonyl (C=O) groups excluding carboxylic acids is 8. The van der Waals surface area contributed by atoms with E-state index in [0.717, 1.165) is 10.9 Å². The third-order valence-electron chi connectivity index (χ3n) is 12.8. The van der Waals surface area contributed by atoms with E-state index < -0.39 is 83.7 Å². The van der Waals surface area contributed by atoms with Gasteiger partial charge in [0.2, 0.25) is 41.4 Å². The number of amides is 7. The van der Waals surface area contributed by atoms with Crippen molar-refractivity contribution in [2.75, 3.05) is 13.1 Å². The lowest BCUT2D eigenvalue weighted by Gasteiger charge is -2.30. The zero-order valence-corrected chi connectivity index (χ0v) is 40.2. The van der Waals surface area contributed by atoms with Crippen molar-refractivity contribution in [3.05, 3.63) is 83.7 Å². The molecule has 8 atom stereocenters. The number of aliphatic imine (C=N–C) groups is 2. The third-order valence-corrected chi connectivity index (χ3v) is 12.8. The molecule has 21 heteroatoms. The van der Waals surface area contributed by atoms with Crippen LogP contribution in [0.2, 0.25) is 0 Å². The molecule has 6 rings (SSSR count). The highest BCUT2D eigenvalue weighted by molar-refractivity contribution is 5.98. The lowest BCUT2D eigenvalue weighted by Crippen LogP contribution is -2.60. The van der Waals surface area contributed by atoms with Crippen LogP contribution in [0.15, 0.2) is 82.6 Å². The maximum absolute atomic E-state index is 14.7. The van der Waals surface area contributed by atoms with Crippen LogP contribution >= 0.6 is 0 Å². The molecule has 21 nitrogen and oxygen atoms in total. The van der Waals surface area contributed by atoms with Crippen molar-refractivity contribution in [3.8, 4) is 0 Å². The number of fused-ring (bicyclic) bond motifs is 1. The van der Waals surface area contributed by atoms with Gasteiger partial charge in [0, 0.05) is 93.6 Å². The van der Waals surface area contributed by atoms with E-state index in [-0.39, 0.29) is 95.1 Å². The number of carbonyl (C=O) groups is 8. The normalized spacial score (nSPS) is 25.4. The average Bonchev–Trinajstić information content (AvgIpc) is 4.09. The molecule has 3 aromatic rings.